The number of carbonyl (C=O) groups excluding carboxylic acids is 1. The molecule has 3 N–H and O–H groups in total. The molecule has 1 saturated carbocycles. The lowest BCUT2D eigenvalue weighted by Crippen LogP contribution is -2.41. The summed E-state index contributed by atoms with van der Waals surface area (Å²) in [6.45, 7) is 2.35. The SMILES string of the molecule is C[C@H](NS(=O)(=O)c1ccccc1F)C(=O)Nc1ccc(NCC2CCCC2)cc1. The van der Waals surface area contributed by atoms with Crippen molar-refractivity contribution in [2.24, 2.45) is 5.92 Å². The number of anilines is 2. The van der Waals surface area contributed by atoms with Gasteiger partial charge in [0.15, 0.2) is 0 Å². The molecule has 0 aromatic heterocycles. The van der Waals surface area contributed by atoms with Crippen molar-refractivity contribution in [2.75, 3.05) is 17.2 Å². The first kappa shape index (κ1) is 21.3. The summed E-state index contributed by atoms with van der Waals surface area (Å²) >= 11 is 0. The summed E-state index contributed by atoms with van der Waals surface area (Å²) in [4.78, 5) is 11.9. The number of hydrogen-bond donors (Lipinski definition) is 3. The van der Waals surface area contributed by atoms with Gasteiger partial charge in [0.25, 0.3) is 0 Å². The van der Waals surface area contributed by atoms with Gasteiger partial charge in [-0.3, -0.25) is 4.79 Å². The number of hydrogen-bond acceptors (Lipinski definition) is 4. The van der Waals surface area contributed by atoms with Crippen LogP contribution in [0.3, 0.4) is 0 Å². The Morgan fingerprint density at radius 2 is 1.69 bits per heavy atom. The second-order valence-corrected chi connectivity index (χ2v) is 9.05. The number of amides is 1. The molecule has 0 aliphatic heterocycles. The van der Waals surface area contributed by atoms with Crippen LogP contribution in [0.4, 0.5) is 15.8 Å². The molecule has 1 aliphatic rings. The average Bonchev–Trinajstić information content (AvgIpc) is 3.21. The third-order valence-corrected chi connectivity index (χ3v) is 6.65. The lowest BCUT2D eigenvalue weighted by molar-refractivity contribution is -0.117. The van der Waals surface area contributed by atoms with Crippen molar-refractivity contribution in [3.63, 3.8) is 0 Å². The standard InChI is InChI=1S/C21H26FN3O3S/c1-15(25-29(27,28)20-9-5-4-8-19(20)22)21(26)24-18-12-10-17(11-13-18)23-14-16-6-2-3-7-16/h4-5,8-13,15-16,23,25H,2-3,6-7,14H2,1H3,(H,24,26)/t15-/m0/s1. The Hall–Kier alpha value is -2.45. The van der Waals surface area contributed by atoms with Crippen LogP contribution in [-0.2, 0) is 14.8 Å². The third-order valence-electron chi connectivity index (χ3n) is 5.07. The number of carbonyl (C=O) groups is 1. The molecular weight excluding hydrogens is 393 g/mol. The topological polar surface area (TPSA) is 87.3 Å². The minimum atomic E-state index is -4.15. The van der Waals surface area contributed by atoms with Gasteiger partial charge in [-0.15, -0.1) is 0 Å². The fourth-order valence-corrected chi connectivity index (χ4v) is 4.69. The lowest BCUT2D eigenvalue weighted by Gasteiger charge is -2.15. The largest absolute Gasteiger partial charge is 0.385 e. The van der Waals surface area contributed by atoms with Crippen LogP contribution in [0.25, 0.3) is 0 Å². The summed E-state index contributed by atoms with van der Waals surface area (Å²) in [7, 11) is -4.15. The van der Waals surface area contributed by atoms with E-state index in [0.717, 1.165) is 30.3 Å². The highest BCUT2D eigenvalue weighted by Gasteiger charge is 2.24. The molecule has 0 saturated heterocycles. The number of halogens is 1. The van der Waals surface area contributed by atoms with Crippen LogP contribution in [0.5, 0.6) is 0 Å². The molecule has 0 radical (unpaired) electrons. The van der Waals surface area contributed by atoms with Gasteiger partial charge in [0.05, 0.1) is 6.04 Å². The van der Waals surface area contributed by atoms with Crippen LogP contribution in [0, 0.1) is 11.7 Å². The highest BCUT2D eigenvalue weighted by molar-refractivity contribution is 7.89. The molecule has 1 aliphatic carbocycles. The van der Waals surface area contributed by atoms with Gasteiger partial charge >= 0.3 is 0 Å². The highest BCUT2D eigenvalue weighted by atomic mass is 32.2. The van der Waals surface area contributed by atoms with Crippen LogP contribution in [0.2, 0.25) is 0 Å². The molecule has 0 unspecified atom stereocenters. The fourth-order valence-electron chi connectivity index (χ4n) is 3.41. The van der Waals surface area contributed by atoms with Crippen molar-refractivity contribution in [1.29, 1.82) is 0 Å². The maximum Gasteiger partial charge on any atom is 0.244 e. The van der Waals surface area contributed by atoms with Crippen LogP contribution in [-0.4, -0.2) is 26.9 Å². The summed E-state index contributed by atoms with van der Waals surface area (Å²) in [6, 6.07) is 11.2. The van der Waals surface area contributed by atoms with E-state index in [0.29, 0.717) is 5.69 Å². The van der Waals surface area contributed by atoms with Gasteiger partial charge in [0, 0.05) is 17.9 Å². The molecule has 0 spiro atoms. The van der Waals surface area contributed by atoms with Crippen LogP contribution in [0.1, 0.15) is 32.6 Å². The minimum absolute atomic E-state index is 0.489. The van der Waals surface area contributed by atoms with Gasteiger partial charge in [-0.05, 0) is 62.1 Å². The van der Waals surface area contributed by atoms with Gasteiger partial charge in [0.2, 0.25) is 15.9 Å². The molecule has 1 atom stereocenters. The molecule has 6 nitrogen and oxygen atoms in total. The van der Waals surface area contributed by atoms with Crippen molar-refractivity contribution >= 4 is 27.3 Å². The van der Waals surface area contributed by atoms with Gasteiger partial charge in [0.1, 0.15) is 10.7 Å². The molecule has 0 bridgehead atoms. The van der Waals surface area contributed by atoms with E-state index in [1.807, 2.05) is 12.1 Å². The predicted octanol–water partition coefficient (Wildman–Crippen LogP) is 3.73. The maximum atomic E-state index is 13.8. The minimum Gasteiger partial charge on any atom is -0.385 e. The van der Waals surface area contributed by atoms with Crippen LogP contribution in [0.15, 0.2) is 53.4 Å². The van der Waals surface area contributed by atoms with E-state index in [1.165, 1.54) is 44.7 Å². The van der Waals surface area contributed by atoms with E-state index in [-0.39, 0.29) is 0 Å². The average molecular weight is 420 g/mol. The monoisotopic (exact) mass is 419 g/mol. The van der Waals surface area contributed by atoms with Crippen LogP contribution < -0.4 is 15.4 Å². The van der Waals surface area contributed by atoms with Crippen molar-refractivity contribution in [1.82, 2.24) is 4.72 Å². The first-order valence-electron chi connectivity index (χ1n) is 9.77. The molecule has 1 fully saturated rings. The van der Waals surface area contributed by atoms with E-state index in [9.17, 15) is 17.6 Å². The predicted molar refractivity (Wildman–Crippen MR) is 112 cm³/mol. The molecule has 3 rings (SSSR count). The van der Waals surface area contributed by atoms with Crippen molar-refractivity contribution in [3.05, 3.63) is 54.3 Å². The van der Waals surface area contributed by atoms with E-state index in [2.05, 4.69) is 15.4 Å². The zero-order valence-corrected chi connectivity index (χ0v) is 17.1. The molecule has 2 aromatic carbocycles. The second kappa shape index (κ2) is 9.37. The normalized spacial score (nSPS) is 15.8. The smallest absolute Gasteiger partial charge is 0.244 e. The summed E-state index contributed by atoms with van der Waals surface area (Å²) in [5, 5.41) is 6.07. The van der Waals surface area contributed by atoms with E-state index >= 15 is 0 Å². The van der Waals surface area contributed by atoms with E-state index in [4.69, 9.17) is 0 Å². The van der Waals surface area contributed by atoms with E-state index < -0.39 is 32.7 Å². The zero-order valence-electron chi connectivity index (χ0n) is 16.3. The Kier molecular flexibility index (Phi) is 6.87. The van der Waals surface area contributed by atoms with Gasteiger partial charge in [-0.2, -0.15) is 4.72 Å². The van der Waals surface area contributed by atoms with Gasteiger partial charge < -0.3 is 10.6 Å². The Labute approximate surface area is 171 Å². The lowest BCUT2D eigenvalue weighted by atomic mass is 10.1. The van der Waals surface area contributed by atoms with Gasteiger partial charge in [-0.25, -0.2) is 12.8 Å². The van der Waals surface area contributed by atoms with Gasteiger partial charge in [-0.1, -0.05) is 25.0 Å². The third kappa shape index (κ3) is 5.77. The Morgan fingerprint density at radius 1 is 1.07 bits per heavy atom. The number of sulfonamides is 1. The number of rotatable bonds is 8. The maximum absolute atomic E-state index is 13.8. The first-order valence-corrected chi connectivity index (χ1v) is 11.2. The first-order chi connectivity index (χ1) is 13.8. The van der Waals surface area contributed by atoms with Crippen molar-refractivity contribution in [3.8, 4) is 0 Å². The van der Waals surface area contributed by atoms with E-state index in [1.54, 1.807) is 12.1 Å². The van der Waals surface area contributed by atoms with Crippen LogP contribution >= 0.6 is 0 Å². The molecule has 1 amide bonds. The summed E-state index contributed by atoms with van der Waals surface area (Å²) in [6.07, 6.45) is 5.13. The molecule has 156 valence electrons. The zero-order chi connectivity index (χ0) is 20.9. The van der Waals surface area contributed by atoms with Crippen molar-refractivity contribution < 1.29 is 17.6 Å². The summed E-state index contributed by atoms with van der Waals surface area (Å²) < 4.78 is 40.6. The quantitative estimate of drug-likeness (QED) is 0.608. The Morgan fingerprint density at radius 3 is 2.34 bits per heavy atom. The molecule has 8 heteroatoms. The van der Waals surface area contributed by atoms with Crippen molar-refractivity contribution in [2.45, 2.75) is 43.5 Å². The highest BCUT2D eigenvalue weighted by Crippen LogP contribution is 2.25. The molecule has 2 aromatic rings. The molecular formula is C21H26FN3O3S. The second-order valence-electron chi connectivity index (χ2n) is 7.37. The fraction of sp³-hybridized carbons (Fsp3) is 0.381. The Bertz CT molecular complexity index is 942. The summed E-state index contributed by atoms with van der Waals surface area (Å²) in [5.41, 5.74) is 1.53. The Balaban J connectivity index is 1.54. The summed E-state index contributed by atoms with van der Waals surface area (Å²) in [5.74, 6) is -0.678. The molecule has 0 heterocycles. The molecule has 29 heavy (non-hydrogen) atoms. The number of nitrogens with one attached hydrogen (secondary N) is 3. The number of benzene rings is 2.